The maximum absolute atomic E-state index is 11.9. The summed E-state index contributed by atoms with van der Waals surface area (Å²) < 4.78 is -1.81. The standard InChI is InChI=1S/C14H16Cl5N3OS/c1-7(2)5-11(23)21-12(14(17,18)19)22-13(24)20-10-6-8(15)3-4-9(10)16/h3-4,6-7,12H,5H2,1-2H3,(H,21,23)(H2,20,22,24)/t12-/m1/s1. The van der Waals surface area contributed by atoms with Crippen LogP contribution in [0, 0.1) is 5.92 Å². The van der Waals surface area contributed by atoms with Crippen molar-refractivity contribution >= 4 is 86.9 Å². The van der Waals surface area contributed by atoms with Crippen LogP contribution in [0.2, 0.25) is 10.0 Å². The Bertz CT molecular complexity index is 607. The van der Waals surface area contributed by atoms with Crippen LogP contribution in [0.1, 0.15) is 20.3 Å². The van der Waals surface area contributed by atoms with Gasteiger partial charge in [0.2, 0.25) is 9.70 Å². The molecule has 0 aliphatic carbocycles. The molecule has 0 fully saturated rings. The summed E-state index contributed by atoms with van der Waals surface area (Å²) in [6.07, 6.45) is -0.731. The van der Waals surface area contributed by atoms with Crippen molar-refractivity contribution < 1.29 is 4.79 Å². The van der Waals surface area contributed by atoms with Gasteiger partial charge in [-0.2, -0.15) is 0 Å². The van der Waals surface area contributed by atoms with Crippen molar-refractivity contribution in [2.75, 3.05) is 5.32 Å². The minimum Gasteiger partial charge on any atom is -0.339 e. The van der Waals surface area contributed by atoms with Crippen molar-refractivity contribution in [2.24, 2.45) is 5.92 Å². The highest BCUT2D eigenvalue weighted by molar-refractivity contribution is 7.80. The molecule has 0 aliphatic rings. The summed E-state index contributed by atoms with van der Waals surface area (Å²) >= 11 is 34.8. The van der Waals surface area contributed by atoms with Crippen molar-refractivity contribution in [1.29, 1.82) is 0 Å². The van der Waals surface area contributed by atoms with Crippen LogP contribution in [-0.4, -0.2) is 21.0 Å². The number of alkyl halides is 3. The molecule has 1 rings (SSSR count). The van der Waals surface area contributed by atoms with E-state index in [0.29, 0.717) is 22.2 Å². The number of carbonyl (C=O) groups is 1. The van der Waals surface area contributed by atoms with Crippen LogP contribution in [-0.2, 0) is 4.79 Å². The van der Waals surface area contributed by atoms with Crippen LogP contribution in [0.25, 0.3) is 0 Å². The lowest BCUT2D eigenvalue weighted by Crippen LogP contribution is -2.56. The molecule has 4 nitrogen and oxygen atoms in total. The van der Waals surface area contributed by atoms with Crippen molar-refractivity contribution in [3.8, 4) is 0 Å². The van der Waals surface area contributed by atoms with Crippen molar-refractivity contribution in [1.82, 2.24) is 10.6 Å². The van der Waals surface area contributed by atoms with E-state index in [9.17, 15) is 4.79 Å². The Kier molecular flexibility index (Phi) is 8.66. The Morgan fingerprint density at radius 1 is 1.21 bits per heavy atom. The van der Waals surface area contributed by atoms with Gasteiger partial charge in [0.15, 0.2) is 5.11 Å². The van der Waals surface area contributed by atoms with Gasteiger partial charge in [0, 0.05) is 11.4 Å². The maximum Gasteiger partial charge on any atom is 0.228 e. The average Bonchev–Trinajstić information content (AvgIpc) is 2.40. The molecule has 0 spiro atoms. The summed E-state index contributed by atoms with van der Waals surface area (Å²) in [5, 5.41) is 9.20. The largest absolute Gasteiger partial charge is 0.339 e. The molecule has 0 saturated carbocycles. The predicted octanol–water partition coefficient (Wildman–Crippen LogP) is 5.14. The molecule has 0 aromatic heterocycles. The zero-order valence-corrected chi connectivity index (χ0v) is 17.4. The molecule has 1 atom stereocenters. The number of anilines is 1. The summed E-state index contributed by atoms with van der Waals surface area (Å²) in [5.41, 5.74) is 0.484. The van der Waals surface area contributed by atoms with Gasteiger partial charge in [0.1, 0.15) is 6.17 Å². The quantitative estimate of drug-likeness (QED) is 0.330. The lowest BCUT2D eigenvalue weighted by atomic mass is 10.1. The molecule has 0 heterocycles. The van der Waals surface area contributed by atoms with Crippen LogP contribution >= 0.6 is 70.2 Å². The molecule has 0 radical (unpaired) electrons. The van der Waals surface area contributed by atoms with Gasteiger partial charge in [-0.25, -0.2) is 0 Å². The maximum atomic E-state index is 11.9. The van der Waals surface area contributed by atoms with Crippen LogP contribution < -0.4 is 16.0 Å². The van der Waals surface area contributed by atoms with Crippen molar-refractivity contribution in [2.45, 2.75) is 30.2 Å². The van der Waals surface area contributed by atoms with E-state index in [4.69, 9.17) is 70.2 Å². The first-order chi connectivity index (χ1) is 11.0. The van der Waals surface area contributed by atoms with Gasteiger partial charge in [0.05, 0.1) is 10.7 Å². The third kappa shape index (κ3) is 7.81. The van der Waals surface area contributed by atoms with E-state index in [1.165, 1.54) is 0 Å². The van der Waals surface area contributed by atoms with E-state index in [1.807, 2.05) is 13.8 Å². The molecule has 0 aliphatic heterocycles. The number of hydrogen-bond acceptors (Lipinski definition) is 2. The molecule has 1 aromatic carbocycles. The Labute approximate surface area is 171 Å². The van der Waals surface area contributed by atoms with E-state index in [2.05, 4.69) is 16.0 Å². The van der Waals surface area contributed by atoms with Crippen LogP contribution in [0.3, 0.4) is 0 Å². The summed E-state index contributed by atoms with van der Waals surface area (Å²) in [4.78, 5) is 11.9. The molecule has 134 valence electrons. The fourth-order valence-electron chi connectivity index (χ4n) is 1.67. The van der Waals surface area contributed by atoms with E-state index in [1.54, 1.807) is 18.2 Å². The molecular formula is C14H16Cl5N3OS. The topological polar surface area (TPSA) is 53.2 Å². The Morgan fingerprint density at radius 3 is 2.38 bits per heavy atom. The van der Waals surface area contributed by atoms with Crippen molar-refractivity contribution in [3.05, 3.63) is 28.2 Å². The third-order valence-electron chi connectivity index (χ3n) is 2.68. The summed E-state index contributed by atoms with van der Waals surface area (Å²) in [6.45, 7) is 3.81. The Balaban J connectivity index is 2.77. The first-order valence-corrected chi connectivity index (χ1v) is 9.17. The second-order valence-corrected chi connectivity index (χ2v) is 8.98. The highest BCUT2D eigenvalue weighted by Crippen LogP contribution is 2.30. The third-order valence-corrected chi connectivity index (χ3v) is 4.12. The van der Waals surface area contributed by atoms with E-state index in [0.717, 1.165) is 0 Å². The molecule has 1 amide bonds. The highest BCUT2D eigenvalue weighted by Gasteiger charge is 2.34. The zero-order chi connectivity index (χ0) is 18.5. The van der Waals surface area contributed by atoms with Crippen LogP contribution in [0.15, 0.2) is 18.2 Å². The van der Waals surface area contributed by atoms with E-state index < -0.39 is 9.96 Å². The second-order valence-electron chi connectivity index (χ2n) is 5.36. The average molecular weight is 452 g/mol. The number of rotatable bonds is 5. The molecular weight excluding hydrogens is 436 g/mol. The molecule has 10 heteroatoms. The van der Waals surface area contributed by atoms with E-state index >= 15 is 0 Å². The van der Waals surface area contributed by atoms with Crippen molar-refractivity contribution in [3.63, 3.8) is 0 Å². The summed E-state index contributed by atoms with van der Waals surface area (Å²) in [6, 6.07) is 4.85. The number of thiocarbonyl (C=S) groups is 1. The molecule has 24 heavy (non-hydrogen) atoms. The van der Waals surface area contributed by atoms with Crippen LogP contribution in [0.5, 0.6) is 0 Å². The minimum absolute atomic E-state index is 0.111. The van der Waals surface area contributed by atoms with E-state index in [-0.39, 0.29) is 16.9 Å². The smallest absolute Gasteiger partial charge is 0.228 e. The van der Waals surface area contributed by atoms with Gasteiger partial charge in [-0.15, -0.1) is 0 Å². The highest BCUT2D eigenvalue weighted by atomic mass is 35.6. The number of hydrogen-bond donors (Lipinski definition) is 3. The summed E-state index contributed by atoms with van der Waals surface area (Å²) in [5.74, 6) is -0.103. The molecule has 0 bridgehead atoms. The zero-order valence-electron chi connectivity index (χ0n) is 12.8. The fourth-order valence-corrected chi connectivity index (χ4v) is 2.57. The van der Waals surface area contributed by atoms with Gasteiger partial charge in [-0.3, -0.25) is 4.79 Å². The molecule has 3 N–H and O–H groups in total. The minimum atomic E-state index is -1.81. The van der Waals surface area contributed by atoms with Gasteiger partial charge < -0.3 is 16.0 Å². The second kappa shape index (κ2) is 9.51. The summed E-state index contributed by atoms with van der Waals surface area (Å²) in [7, 11) is 0. The first-order valence-electron chi connectivity index (χ1n) is 6.87. The fraction of sp³-hybridized carbons (Fsp3) is 0.429. The lowest BCUT2D eigenvalue weighted by molar-refractivity contribution is -0.122. The van der Waals surface area contributed by atoms with Gasteiger partial charge in [0.25, 0.3) is 0 Å². The SMILES string of the molecule is CC(C)CC(=O)N[C@H](NC(=S)Nc1cc(Cl)ccc1Cl)C(Cl)(Cl)Cl. The lowest BCUT2D eigenvalue weighted by Gasteiger charge is -2.28. The van der Waals surface area contributed by atoms with Gasteiger partial charge in [-0.05, 0) is 36.3 Å². The Morgan fingerprint density at radius 2 is 1.83 bits per heavy atom. The van der Waals surface area contributed by atoms with Gasteiger partial charge in [-0.1, -0.05) is 71.9 Å². The monoisotopic (exact) mass is 449 g/mol. The molecule has 1 aromatic rings. The number of carbonyl (C=O) groups excluding carboxylic acids is 1. The number of halogens is 5. The number of benzene rings is 1. The molecule has 0 unspecified atom stereocenters. The number of amides is 1. The van der Waals surface area contributed by atoms with Gasteiger partial charge >= 0.3 is 0 Å². The normalized spacial score (nSPS) is 12.7. The molecule has 0 saturated heterocycles. The number of nitrogens with one attached hydrogen (secondary N) is 3. The Hall–Kier alpha value is -0.170. The first kappa shape index (κ1) is 21.9. The predicted molar refractivity (Wildman–Crippen MR) is 107 cm³/mol. The van der Waals surface area contributed by atoms with Crippen LogP contribution in [0.4, 0.5) is 5.69 Å².